The molecule has 1 fully saturated rings. The predicted octanol–water partition coefficient (Wildman–Crippen LogP) is 1.53. The van der Waals surface area contributed by atoms with Crippen LogP contribution in [0.5, 0.6) is 5.75 Å². The van der Waals surface area contributed by atoms with Crippen molar-refractivity contribution in [3.8, 4) is 5.75 Å². The normalized spacial score (nSPS) is 18.2. The van der Waals surface area contributed by atoms with E-state index in [2.05, 4.69) is 10.1 Å². The zero-order chi connectivity index (χ0) is 14.7. The fraction of sp³-hybridized carbons (Fsp3) is 0.462. The molecule has 0 bridgehead atoms. The maximum absolute atomic E-state index is 13.9. The van der Waals surface area contributed by atoms with Gasteiger partial charge in [0.15, 0.2) is 23.2 Å². The lowest BCUT2D eigenvalue weighted by atomic mass is 10.1. The third-order valence-electron chi connectivity index (χ3n) is 3.35. The third-order valence-corrected chi connectivity index (χ3v) is 3.35. The summed E-state index contributed by atoms with van der Waals surface area (Å²) in [6.07, 6.45) is 1.24. The first-order chi connectivity index (χ1) is 9.51. The topological polar surface area (TPSA) is 71.1 Å². The number of benzene rings is 1. The molecule has 1 heterocycles. The summed E-state index contributed by atoms with van der Waals surface area (Å²) in [5, 5.41) is 11.2. The molecule has 3 N–H and O–H groups in total. The highest BCUT2D eigenvalue weighted by molar-refractivity contribution is 5.97. The number of hydrogen-bond donors (Lipinski definition) is 2. The molecule has 1 aromatic carbocycles. The molecule has 0 atom stereocenters. The minimum absolute atomic E-state index is 0.0294. The molecule has 20 heavy (non-hydrogen) atoms. The summed E-state index contributed by atoms with van der Waals surface area (Å²) >= 11 is 0. The Kier molecular flexibility index (Phi) is 4.39. The van der Waals surface area contributed by atoms with Gasteiger partial charge in [0.05, 0.1) is 0 Å². The van der Waals surface area contributed by atoms with Crippen molar-refractivity contribution in [1.82, 2.24) is 4.90 Å². The molecular formula is C13H17F2N3O2. The molecule has 0 radical (unpaired) electrons. The van der Waals surface area contributed by atoms with Crippen molar-refractivity contribution in [2.75, 3.05) is 20.1 Å². The van der Waals surface area contributed by atoms with E-state index in [9.17, 15) is 8.78 Å². The third kappa shape index (κ3) is 3.16. The highest BCUT2D eigenvalue weighted by atomic mass is 19.1. The van der Waals surface area contributed by atoms with Gasteiger partial charge in [-0.25, -0.2) is 8.78 Å². The van der Waals surface area contributed by atoms with Crippen LogP contribution in [0.15, 0.2) is 17.3 Å². The van der Waals surface area contributed by atoms with Gasteiger partial charge in [-0.05, 0) is 32.0 Å². The van der Waals surface area contributed by atoms with Crippen LogP contribution in [0.1, 0.15) is 18.4 Å². The number of ether oxygens (including phenoxy) is 1. The molecule has 0 saturated carbocycles. The first kappa shape index (κ1) is 14.5. The molecule has 2 rings (SSSR count). The quantitative estimate of drug-likeness (QED) is 0.382. The monoisotopic (exact) mass is 285 g/mol. The predicted molar refractivity (Wildman–Crippen MR) is 70.0 cm³/mol. The second-order valence-corrected chi connectivity index (χ2v) is 4.87. The number of rotatable bonds is 3. The van der Waals surface area contributed by atoms with Gasteiger partial charge >= 0.3 is 0 Å². The van der Waals surface area contributed by atoms with E-state index in [-0.39, 0.29) is 17.5 Å². The van der Waals surface area contributed by atoms with E-state index < -0.39 is 17.4 Å². The largest absolute Gasteiger partial charge is 0.484 e. The molecular weight excluding hydrogens is 268 g/mol. The van der Waals surface area contributed by atoms with E-state index >= 15 is 0 Å². The van der Waals surface area contributed by atoms with Crippen LogP contribution in [0.4, 0.5) is 8.78 Å². The number of oxime groups is 1. The number of nitrogens with two attached hydrogens (primary N) is 1. The van der Waals surface area contributed by atoms with Gasteiger partial charge in [0.2, 0.25) is 0 Å². The van der Waals surface area contributed by atoms with E-state index in [0.29, 0.717) is 0 Å². The molecule has 0 aromatic heterocycles. The Hall–Kier alpha value is -1.89. The minimum Gasteiger partial charge on any atom is -0.484 e. The minimum atomic E-state index is -0.856. The van der Waals surface area contributed by atoms with Gasteiger partial charge in [-0.1, -0.05) is 5.16 Å². The van der Waals surface area contributed by atoms with Crippen LogP contribution >= 0.6 is 0 Å². The smallest absolute Gasteiger partial charge is 0.191 e. The second-order valence-electron chi connectivity index (χ2n) is 4.87. The summed E-state index contributed by atoms with van der Waals surface area (Å²) in [5.41, 5.74) is 5.27. The first-order valence-corrected chi connectivity index (χ1v) is 6.33. The van der Waals surface area contributed by atoms with Crippen molar-refractivity contribution >= 4 is 5.84 Å². The lowest BCUT2D eigenvalue weighted by Gasteiger charge is -2.29. The number of amidine groups is 1. The van der Waals surface area contributed by atoms with Gasteiger partial charge < -0.3 is 20.6 Å². The maximum Gasteiger partial charge on any atom is 0.191 e. The van der Waals surface area contributed by atoms with Crippen LogP contribution in [0.2, 0.25) is 0 Å². The molecule has 1 aliphatic rings. The fourth-order valence-electron chi connectivity index (χ4n) is 2.15. The highest BCUT2D eigenvalue weighted by Crippen LogP contribution is 2.26. The zero-order valence-electron chi connectivity index (χ0n) is 11.1. The van der Waals surface area contributed by atoms with Crippen LogP contribution in [-0.2, 0) is 0 Å². The van der Waals surface area contributed by atoms with Crippen LogP contribution in [-0.4, -0.2) is 42.2 Å². The van der Waals surface area contributed by atoms with Crippen molar-refractivity contribution in [1.29, 1.82) is 0 Å². The number of likely N-dealkylation sites (tertiary alicyclic amines) is 1. The average molecular weight is 285 g/mol. The van der Waals surface area contributed by atoms with Gasteiger partial charge in [-0.3, -0.25) is 0 Å². The summed E-state index contributed by atoms with van der Waals surface area (Å²) in [6.45, 7) is 1.66. The SMILES string of the molecule is CN1CCC(Oc2c(F)cc(C(N)=NO)cc2F)CC1. The Labute approximate surface area is 115 Å². The number of nitrogens with zero attached hydrogens (tertiary/aromatic N) is 2. The summed E-state index contributed by atoms with van der Waals surface area (Å²) in [5.74, 6) is -2.47. The van der Waals surface area contributed by atoms with E-state index in [0.717, 1.165) is 38.1 Å². The molecule has 0 amide bonds. The van der Waals surface area contributed by atoms with E-state index in [1.165, 1.54) is 0 Å². The van der Waals surface area contributed by atoms with Crippen molar-refractivity contribution in [2.45, 2.75) is 18.9 Å². The number of piperidine rings is 1. The molecule has 7 heteroatoms. The summed E-state index contributed by atoms with van der Waals surface area (Å²) in [7, 11) is 1.99. The van der Waals surface area contributed by atoms with Crippen molar-refractivity contribution in [3.63, 3.8) is 0 Å². The summed E-state index contributed by atoms with van der Waals surface area (Å²) in [4.78, 5) is 2.13. The van der Waals surface area contributed by atoms with Crippen molar-refractivity contribution in [2.24, 2.45) is 10.9 Å². The number of hydrogen-bond acceptors (Lipinski definition) is 4. The lowest BCUT2D eigenvalue weighted by Crippen LogP contribution is -2.36. The van der Waals surface area contributed by atoms with Gasteiger partial charge in [-0.15, -0.1) is 0 Å². The number of halogens is 2. The Morgan fingerprint density at radius 3 is 2.40 bits per heavy atom. The van der Waals surface area contributed by atoms with Gasteiger partial charge in [0.25, 0.3) is 0 Å². The Morgan fingerprint density at radius 1 is 1.35 bits per heavy atom. The zero-order valence-corrected chi connectivity index (χ0v) is 11.1. The van der Waals surface area contributed by atoms with Crippen LogP contribution in [0.25, 0.3) is 0 Å². The molecule has 0 aliphatic carbocycles. The van der Waals surface area contributed by atoms with E-state index in [1.807, 2.05) is 7.05 Å². The van der Waals surface area contributed by atoms with Crippen LogP contribution in [0.3, 0.4) is 0 Å². The lowest BCUT2D eigenvalue weighted by molar-refractivity contribution is 0.106. The first-order valence-electron chi connectivity index (χ1n) is 6.33. The molecule has 5 nitrogen and oxygen atoms in total. The summed E-state index contributed by atoms with van der Waals surface area (Å²) < 4.78 is 33.2. The van der Waals surface area contributed by atoms with Crippen LogP contribution in [0, 0.1) is 11.6 Å². The van der Waals surface area contributed by atoms with Gasteiger partial charge in [0, 0.05) is 18.7 Å². The van der Waals surface area contributed by atoms with Crippen LogP contribution < -0.4 is 10.5 Å². The Morgan fingerprint density at radius 2 is 1.90 bits per heavy atom. The second kappa shape index (κ2) is 6.04. The molecule has 0 unspecified atom stereocenters. The Bertz CT molecular complexity index is 491. The average Bonchev–Trinajstić information content (AvgIpc) is 2.43. The molecule has 0 spiro atoms. The highest BCUT2D eigenvalue weighted by Gasteiger charge is 2.22. The molecule has 110 valence electrons. The summed E-state index contributed by atoms with van der Waals surface area (Å²) in [6, 6.07) is 1.98. The maximum atomic E-state index is 13.9. The standard InChI is InChI=1S/C13H17F2N3O2/c1-18-4-2-9(3-5-18)20-12-10(14)6-8(7-11(12)15)13(16)17-19/h6-7,9,19H,2-5H2,1H3,(H2,16,17). The molecule has 1 aliphatic heterocycles. The van der Waals surface area contributed by atoms with E-state index in [1.54, 1.807) is 0 Å². The fourth-order valence-corrected chi connectivity index (χ4v) is 2.15. The molecule has 1 saturated heterocycles. The van der Waals surface area contributed by atoms with Crippen molar-refractivity contribution in [3.05, 3.63) is 29.3 Å². The molecule has 1 aromatic rings. The van der Waals surface area contributed by atoms with Gasteiger partial charge in [-0.2, -0.15) is 0 Å². The van der Waals surface area contributed by atoms with Crippen molar-refractivity contribution < 1.29 is 18.7 Å². The van der Waals surface area contributed by atoms with E-state index in [4.69, 9.17) is 15.7 Å². The van der Waals surface area contributed by atoms with Gasteiger partial charge in [0.1, 0.15) is 6.10 Å². The Balaban J connectivity index is 2.16.